The first-order valence-corrected chi connectivity index (χ1v) is 6.30. The van der Waals surface area contributed by atoms with E-state index in [1.807, 2.05) is 0 Å². The first kappa shape index (κ1) is 15.9. The lowest BCUT2D eigenvalue weighted by atomic mass is 10.0. The van der Waals surface area contributed by atoms with Crippen LogP contribution in [0.2, 0.25) is 0 Å². The summed E-state index contributed by atoms with van der Waals surface area (Å²) in [5.41, 5.74) is 0.730. The van der Waals surface area contributed by atoms with E-state index in [9.17, 15) is 23.3 Å². The fourth-order valence-electron chi connectivity index (χ4n) is 1.89. The molecule has 1 aliphatic rings. The van der Waals surface area contributed by atoms with Crippen molar-refractivity contribution in [1.82, 2.24) is 0 Å². The van der Waals surface area contributed by atoms with Crippen molar-refractivity contribution in [1.29, 1.82) is 0 Å². The lowest BCUT2D eigenvalue weighted by Gasteiger charge is -2.17. The molecular formula is C14H12F3NO4. The summed E-state index contributed by atoms with van der Waals surface area (Å²) in [6, 6.07) is 3.97. The summed E-state index contributed by atoms with van der Waals surface area (Å²) in [6.45, 7) is 1.74. The molecule has 0 radical (unpaired) electrons. The second-order valence-corrected chi connectivity index (χ2v) is 4.64. The van der Waals surface area contributed by atoms with Gasteiger partial charge in [-0.05, 0) is 42.8 Å². The third-order valence-electron chi connectivity index (χ3n) is 2.97. The highest BCUT2D eigenvalue weighted by Gasteiger charge is 2.31. The summed E-state index contributed by atoms with van der Waals surface area (Å²) in [5.74, 6) is 0.326. The molecule has 0 aromatic heterocycles. The fraction of sp³-hybridized carbons (Fsp3) is 0.286. The van der Waals surface area contributed by atoms with Crippen LogP contribution in [-0.4, -0.2) is 17.3 Å². The summed E-state index contributed by atoms with van der Waals surface area (Å²) in [6.07, 6.45) is -1.60. The molecule has 1 aromatic rings. The number of nitro groups is 1. The Hall–Kier alpha value is -2.51. The molecule has 0 saturated carbocycles. The molecule has 0 heterocycles. The van der Waals surface area contributed by atoms with E-state index in [0.717, 1.165) is 17.7 Å². The van der Waals surface area contributed by atoms with Gasteiger partial charge in [0.2, 0.25) is 6.04 Å². The highest BCUT2D eigenvalue weighted by molar-refractivity contribution is 5.35. The Balaban J connectivity index is 2.07. The van der Waals surface area contributed by atoms with E-state index in [1.165, 1.54) is 18.2 Å². The number of hydrogen-bond donors (Lipinski definition) is 0. The average molecular weight is 315 g/mol. The quantitative estimate of drug-likeness (QED) is 0.625. The molecular weight excluding hydrogens is 303 g/mol. The van der Waals surface area contributed by atoms with E-state index >= 15 is 0 Å². The van der Waals surface area contributed by atoms with Crippen molar-refractivity contribution in [3.8, 4) is 11.5 Å². The van der Waals surface area contributed by atoms with Crippen molar-refractivity contribution in [2.75, 3.05) is 0 Å². The van der Waals surface area contributed by atoms with Crippen LogP contribution in [-0.2, 0) is 0 Å². The standard InChI is InChI=1S/C14H12F3NO4/c1-9-2-3-10(18(19)20)8-13(9)21-11-4-6-12(7-5-11)22-14(15,16)17/h2-7,10H,8H2,1H3. The van der Waals surface area contributed by atoms with Gasteiger partial charge in [0.15, 0.2) is 0 Å². The van der Waals surface area contributed by atoms with Crippen LogP contribution in [0.5, 0.6) is 11.5 Å². The Kier molecular flexibility index (Phi) is 4.39. The minimum absolute atomic E-state index is 0.0934. The van der Waals surface area contributed by atoms with Crippen LogP contribution in [0.15, 0.2) is 47.7 Å². The van der Waals surface area contributed by atoms with Crippen molar-refractivity contribution in [2.24, 2.45) is 0 Å². The zero-order chi connectivity index (χ0) is 16.3. The Morgan fingerprint density at radius 1 is 1.23 bits per heavy atom. The maximum Gasteiger partial charge on any atom is 0.573 e. The lowest BCUT2D eigenvalue weighted by Crippen LogP contribution is -2.21. The molecule has 0 spiro atoms. The summed E-state index contributed by atoms with van der Waals surface area (Å²) < 4.78 is 45.4. The van der Waals surface area contributed by atoms with Gasteiger partial charge in [0.25, 0.3) is 0 Å². The number of benzene rings is 1. The SMILES string of the molecule is CC1=C(Oc2ccc(OC(F)(F)F)cc2)CC([N+](=O)[O-])C=C1. The predicted octanol–water partition coefficient (Wildman–Crippen LogP) is 3.84. The Bertz CT molecular complexity index is 620. The molecule has 8 heteroatoms. The first-order valence-electron chi connectivity index (χ1n) is 6.30. The molecule has 0 saturated heterocycles. The average Bonchev–Trinajstić information content (AvgIpc) is 2.41. The van der Waals surface area contributed by atoms with Crippen LogP contribution < -0.4 is 9.47 Å². The summed E-state index contributed by atoms with van der Waals surface area (Å²) in [4.78, 5) is 10.4. The van der Waals surface area contributed by atoms with Crippen molar-refractivity contribution in [3.05, 3.63) is 57.9 Å². The smallest absolute Gasteiger partial charge is 0.461 e. The van der Waals surface area contributed by atoms with Crippen molar-refractivity contribution >= 4 is 0 Å². The number of nitrogens with zero attached hydrogens (tertiary/aromatic N) is 1. The van der Waals surface area contributed by atoms with Crippen LogP contribution in [0.4, 0.5) is 13.2 Å². The van der Waals surface area contributed by atoms with Gasteiger partial charge < -0.3 is 9.47 Å². The fourth-order valence-corrected chi connectivity index (χ4v) is 1.89. The summed E-state index contributed by atoms with van der Waals surface area (Å²) in [5, 5.41) is 10.8. The van der Waals surface area contributed by atoms with Gasteiger partial charge in [-0.25, -0.2) is 0 Å². The van der Waals surface area contributed by atoms with Gasteiger partial charge >= 0.3 is 6.36 Å². The molecule has 0 fully saturated rings. The molecule has 2 rings (SSSR count). The summed E-state index contributed by atoms with van der Waals surface area (Å²) >= 11 is 0. The molecule has 1 aromatic carbocycles. The van der Waals surface area contributed by atoms with Gasteiger partial charge in [0, 0.05) is 4.92 Å². The van der Waals surface area contributed by atoms with E-state index in [-0.39, 0.29) is 17.9 Å². The monoisotopic (exact) mass is 315 g/mol. The van der Waals surface area contributed by atoms with E-state index in [4.69, 9.17) is 4.74 Å². The largest absolute Gasteiger partial charge is 0.573 e. The second-order valence-electron chi connectivity index (χ2n) is 4.64. The van der Waals surface area contributed by atoms with Gasteiger partial charge in [-0.1, -0.05) is 6.08 Å². The predicted molar refractivity (Wildman–Crippen MR) is 71.0 cm³/mol. The van der Waals surface area contributed by atoms with Crippen molar-refractivity contribution in [3.63, 3.8) is 0 Å². The molecule has 1 aliphatic carbocycles. The number of rotatable bonds is 4. The van der Waals surface area contributed by atoms with Crippen LogP contribution in [0.25, 0.3) is 0 Å². The Morgan fingerprint density at radius 2 is 1.82 bits per heavy atom. The Morgan fingerprint density at radius 3 is 2.36 bits per heavy atom. The zero-order valence-electron chi connectivity index (χ0n) is 11.5. The second kappa shape index (κ2) is 6.08. The molecule has 0 amide bonds. The minimum Gasteiger partial charge on any atom is -0.461 e. The molecule has 5 nitrogen and oxygen atoms in total. The third-order valence-corrected chi connectivity index (χ3v) is 2.97. The van der Waals surface area contributed by atoms with E-state index < -0.39 is 17.3 Å². The number of ether oxygens (including phenoxy) is 2. The molecule has 0 aliphatic heterocycles. The molecule has 0 N–H and O–H groups in total. The van der Waals surface area contributed by atoms with Gasteiger partial charge in [-0.15, -0.1) is 13.2 Å². The van der Waals surface area contributed by atoms with E-state index in [0.29, 0.717) is 5.76 Å². The first-order chi connectivity index (χ1) is 10.2. The zero-order valence-corrected chi connectivity index (χ0v) is 11.5. The van der Waals surface area contributed by atoms with Crippen LogP contribution in [0.1, 0.15) is 13.3 Å². The number of allylic oxidation sites excluding steroid dienone is 2. The lowest BCUT2D eigenvalue weighted by molar-refractivity contribution is -0.509. The van der Waals surface area contributed by atoms with Crippen molar-refractivity contribution in [2.45, 2.75) is 25.7 Å². The van der Waals surface area contributed by atoms with E-state index in [1.54, 1.807) is 13.0 Å². The highest BCUT2D eigenvalue weighted by atomic mass is 19.4. The third kappa shape index (κ3) is 4.24. The Labute approximate surface area is 123 Å². The topological polar surface area (TPSA) is 61.6 Å². The van der Waals surface area contributed by atoms with Gasteiger partial charge in [0.05, 0.1) is 6.42 Å². The van der Waals surface area contributed by atoms with Gasteiger partial charge in [-0.3, -0.25) is 10.1 Å². The maximum atomic E-state index is 12.1. The molecule has 22 heavy (non-hydrogen) atoms. The van der Waals surface area contributed by atoms with Gasteiger partial charge in [-0.2, -0.15) is 0 Å². The molecule has 1 unspecified atom stereocenters. The number of halogens is 3. The molecule has 1 atom stereocenters. The summed E-state index contributed by atoms with van der Waals surface area (Å²) in [7, 11) is 0. The molecule has 0 bridgehead atoms. The molecule has 118 valence electrons. The number of hydrogen-bond acceptors (Lipinski definition) is 4. The van der Waals surface area contributed by atoms with Crippen molar-refractivity contribution < 1.29 is 27.6 Å². The van der Waals surface area contributed by atoms with Crippen LogP contribution in [0.3, 0.4) is 0 Å². The van der Waals surface area contributed by atoms with Gasteiger partial charge in [0.1, 0.15) is 17.3 Å². The minimum atomic E-state index is -4.76. The van der Waals surface area contributed by atoms with E-state index in [2.05, 4.69) is 4.74 Å². The number of alkyl halides is 3. The highest BCUT2D eigenvalue weighted by Crippen LogP contribution is 2.28. The van der Waals surface area contributed by atoms with Crippen LogP contribution in [0, 0.1) is 10.1 Å². The maximum absolute atomic E-state index is 12.1. The normalized spacial score (nSPS) is 18.3. The van der Waals surface area contributed by atoms with Crippen LogP contribution >= 0.6 is 0 Å².